The molecular formula is C17H29N3O. The van der Waals surface area contributed by atoms with E-state index in [1.54, 1.807) is 7.05 Å². The molecule has 4 heteroatoms. The lowest BCUT2D eigenvalue weighted by Gasteiger charge is -2.23. The quantitative estimate of drug-likeness (QED) is 0.846. The third kappa shape index (κ3) is 6.17. The Kier molecular flexibility index (Phi) is 6.21. The first-order valence-electron chi connectivity index (χ1n) is 7.49. The molecule has 0 saturated heterocycles. The minimum absolute atomic E-state index is 0.0257. The molecule has 1 aromatic rings. The zero-order valence-electron chi connectivity index (χ0n) is 14.2. The van der Waals surface area contributed by atoms with E-state index in [-0.39, 0.29) is 17.4 Å². The zero-order valence-corrected chi connectivity index (χ0v) is 14.2. The van der Waals surface area contributed by atoms with E-state index in [1.807, 2.05) is 14.0 Å². The number of anilines is 1. The molecule has 0 aliphatic heterocycles. The molecular weight excluding hydrogens is 262 g/mol. The average molecular weight is 291 g/mol. The number of rotatable bonds is 6. The summed E-state index contributed by atoms with van der Waals surface area (Å²) in [6.07, 6.45) is 0. The predicted molar refractivity (Wildman–Crippen MR) is 89.5 cm³/mol. The second-order valence-corrected chi connectivity index (χ2v) is 6.67. The van der Waals surface area contributed by atoms with E-state index in [0.717, 1.165) is 12.2 Å². The Labute approximate surface area is 128 Å². The monoisotopic (exact) mass is 291 g/mol. The van der Waals surface area contributed by atoms with E-state index in [0.29, 0.717) is 6.54 Å². The maximum Gasteiger partial charge on any atom is 0.224 e. The number of carbonyl (C=O) groups excluding carboxylic acids is 1. The second-order valence-electron chi connectivity index (χ2n) is 6.67. The van der Waals surface area contributed by atoms with Crippen LogP contribution in [-0.4, -0.2) is 32.1 Å². The van der Waals surface area contributed by atoms with Crippen LogP contribution in [0.15, 0.2) is 24.3 Å². The van der Waals surface area contributed by atoms with Crippen LogP contribution in [0.1, 0.15) is 33.3 Å². The molecule has 0 fully saturated rings. The summed E-state index contributed by atoms with van der Waals surface area (Å²) in [7, 11) is 3.69. The number of benzene rings is 1. The maximum atomic E-state index is 11.6. The van der Waals surface area contributed by atoms with Gasteiger partial charge < -0.3 is 15.5 Å². The summed E-state index contributed by atoms with van der Waals surface area (Å²) in [6.45, 7) is 10.00. The molecule has 2 N–H and O–H groups in total. The summed E-state index contributed by atoms with van der Waals surface area (Å²) in [4.78, 5) is 13.7. The van der Waals surface area contributed by atoms with Crippen LogP contribution in [0, 0.1) is 5.92 Å². The number of amides is 1. The van der Waals surface area contributed by atoms with Crippen molar-refractivity contribution in [1.82, 2.24) is 10.6 Å². The third-order valence-corrected chi connectivity index (χ3v) is 3.44. The Morgan fingerprint density at radius 2 is 1.81 bits per heavy atom. The van der Waals surface area contributed by atoms with Crippen LogP contribution in [0.2, 0.25) is 0 Å². The summed E-state index contributed by atoms with van der Waals surface area (Å²) in [5.74, 6) is 0.0510. The number of hydrogen-bond donors (Lipinski definition) is 2. The van der Waals surface area contributed by atoms with Crippen molar-refractivity contribution in [3.05, 3.63) is 29.8 Å². The maximum absolute atomic E-state index is 11.6. The van der Waals surface area contributed by atoms with Crippen molar-refractivity contribution >= 4 is 11.6 Å². The van der Waals surface area contributed by atoms with Crippen molar-refractivity contribution in [2.24, 2.45) is 5.92 Å². The lowest BCUT2D eigenvalue weighted by Crippen LogP contribution is -2.35. The van der Waals surface area contributed by atoms with Crippen LogP contribution >= 0.6 is 0 Å². The van der Waals surface area contributed by atoms with E-state index in [1.165, 1.54) is 5.56 Å². The van der Waals surface area contributed by atoms with Crippen LogP contribution in [0.5, 0.6) is 0 Å². The summed E-state index contributed by atoms with van der Waals surface area (Å²) < 4.78 is 0. The van der Waals surface area contributed by atoms with E-state index < -0.39 is 0 Å². The van der Waals surface area contributed by atoms with Gasteiger partial charge in [-0.1, -0.05) is 19.1 Å². The van der Waals surface area contributed by atoms with E-state index in [9.17, 15) is 4.79 Å². The molecule has 0 heterocycles. The fourth-order valence-corrected chi connectivity index (χ4v) is 2.08. The number of carbonyl (C=O) groups is 1. The molecule has 4 nitrogen and oxygen atoms in total. The predicted octanol–water partition coefficient (Wildman–Crippen LogP) is 2.39. The first-order valence-corrected chi connectivity index (χ1v) is 7.49. The molecule has 1 rings (SSSR count). The van der Waals surface area contributed by atoms with Gasteiger partial charge in [0, 0.05) is 38.4 Å². The van der Waals surface area contributed by atoms with Gasteiger partial charge in [-0.3, -0.25) is 4.79 Å². The molecule has 0 spiro atoms. The SMILES string of the molecule is CNC(=O)C(C)CN(C)c1ccc(CNC(C)(C)C)cc1. The van der Waals surface area contributed by atoms with Crippen molar-refractivity contribution < 1.29 is 4.79 Å². The summed E-state index contributed by atoms with van der Waals surface area (Å²) in [6, 6.07) is 8.48. The van der Waals surface area contributed by atoms with Crippen molar-refractivity contribution in [3.63, 3.8) is 0 Å². The average Bonchev–Trinajstić information content (AvgIpc) is 2.43. The van der Waals surface area contributed by atoms with Crippen LogP contribution < -0.4 is 15.5 Å². The minimum Gasteiger partial charge on any atom is -0.374 e. The minimum atomic E-state index is -0.0257. The van der Waals surface area contributed by atoms with Crippen LogP contribution in [0.25, 0.3) is 0 Å². The second kappa shape index (κ2) is 7.46. The molecule has 1 atom stereocenters. The third-order valence-electron chi connectivity index (χ3n) is 3.44. The first kappa shape index (κ1) is 17.5. The van der Waals surface area contributed by atoms with Gasteiger partial charge in [-0.25, -0.2) is 0 Å². The Bertz CT molecular complexity index is 448. The number of nitrogens with one attached hydrogen (secondary N) is 2. The first-order chi connectivity index (χ1) is 9.73. The molecule has 0 aromatic heterocycles. The fourth-order valence-electron chi connectivity index (χ4n) is 2.08. The summed E-state index contributed by atoms with van der Waals surface area (Å²) in [5.41, 5.74) is 2.52. The van der Waals surface area contributed by atoms with Gasteiger partial charge in [-0.2, -0.15) is 0 Å². The molecule has 118 valence electrons. The highest BCUT2D eigenvalue weighted by Crippen LogP contribution is 2.16. The molecule has 0 saturated carbocycles. The lowest BCUT2D eigenvalue weighted by molar-refractivity contribution is -0.123. The Morgan fingerprint density at radius 3 is 2.29 bits per heavy atom. The molecule has 1 amide bonds. The number of hydrogen-bond acceptors (Lipinski definition) is 3. The van der Waals surface area contributed by atoms with Crippen LogP contribution in [0.4, 0.5) is 5.69 Å². The largest absolute Gasteiger partial charge is 0.374 e. The van der Waals surface area contributed by atoms with Crippen LogP contribution in [-0.2, 0) is 11.3 Å². The topological polar surface area (TPSA) is 44.4 Å². The lowest BCUT2D eigenvalue weighted by atomic mass is 10.1. The van der Waals surface area contributed by atoms with E-state index in [4.69, 9.17) is 0 Å². The molecule has 0 radical (unpaired) electrons. The summed E-state index contributed by atoms with van der Waals surface area (Å²) in [5, 5.41) is 6.16. The van der Waals surface area contributed by atoms with Crippen molar-refractivity contribution in [3.8, 4) is 0 Å². The zero-order chi connectivity index (χ0) is 16.0. The standard InChI is InChI=1S/C17H29N3O/c1-13(16(21)18-5)12-20(6)15-9-7-14(8-10-15)11-19-17(2,3)4/h7-10,13,19H,11-12H2,1-6H3,(H,18,21). The smallest absolute Gasteiger partial charge is 0.224 e. The molecule has 0 bridgehead atoms. The Balaban J connectivity index is 2.59. The van der Waals surface area contributed by atoms with E-state index in [2.05, 4.69) is 60.6 Å². The number of nitrogens with zero attached hydrogens (tertiary/aromatic N) is 1. The Morgan fingerprint density at radius 1 is 1.24 bits per heavy atom. The van der Waals surface area contributed by atoms with Crippen molar-refractivity contribution in [2.75, 3.05) is 25.5 Å². The van der Waals surface area contributed by atoms with Crippen molar-refractivity contribution in [2.45, 2.75) is 39.8 Å². The van der Waals surface area contributed by atoms with Gasteiger partial charge in [0.25, 0.3) is 0 Å². The highest BCUT2D eigenvalue weighted by Gasteiger charge is 2.14. The van der Waals surface area contributed by atoms with Gasteiger partial charge in [-0.15, -0.1) is 0 Å². The van der Waals surface area contributed by atoms with Gasteiger partial charge >= 0.3 is 0 Å². The fraction of sp³-hybridized carbons (Fsp3) is 0.588. The molecule has 1 aromatic carbocycles. The Hall–Kier alpha value is -1.55. The van der Waals surface area contributed by atoms with Gasteiger partial charge in [0.05, 0.1) is 5.92 Å². The molecule has 21 heavy (non-hydrogen) atoms. The van der Waals surface area contributed by atoms with E-state index >= 15 is 0 Å². The summed E-state index contributed by atoms with van der Waals surface area (Å²) >= 11 is 0. The normalized spacial score (nSPS) is 12.9. The van der Waals surface area contributed by atoms with Gasteiger partial charge in [0.1, 0.15) is 0 Å². The van der Waals surface area contributed by atoms with Crippen LogP contribution in [0.3, 0.4) is 0 Å². The molecule has 1 unspecified atom stereocenters. The highest BCUT2D eigenvalue weighted by molar-refractivity contribution is 5.78. The van der Waals surface area contributed by atoms with Gasteiger partial charge in [0.2, 0.25) is 5.91 Å². The van der Waals surface area contributed by atoms with Gasteiger partial charge in [0.15, 0.2) is 0 Å². The molecule has 0 aliphatic carbocycles. The van der Waals surface area contributed by atoms with Crippen molar-refractivity contribution in [1.29, 1.82) is 0 Å². The highest BCUT2D eigenvalue weighted by atomic mass is 16.1. The van der Waals surface area contributed by atoms with Gasteiger partial charge in [-0.05, 0) is 38.5 Å². The molecule has 0 aliphatic rings.